The summed E-state index contributed by atoms with van der Waals surface area (Å²) in [6, 6.07) is -0.0696. The average molecular weight is 326 g/mol. The molecule has 19 heavy (non-hydrogen) atoms. The fourth-order valence-electron chi connectivity index (χ4n) is 2.54. The monoisotopic (exact) mass is 325 g/mol. The Morgan fingerprint density at radius 1 is 1.11 bits per heavy atom. The van der Waals surface area contributed by atoms with Crippen LogP contribution in [0.15, 0.2) is 4.47 Å². The lowest BCUT2D eigenvalue weighted by molar-refractivity contribution is 0.632. The summed E-state index contributed by atoms with van der Waals surface area (Å²) in [5, 5.41) is 8.83. The van der Waals surface area contributed by atoms with Crippen LogP contribution in [0.4, 0.5) is 0 Å². The molecule has 1 unspecified atom stereocenters. The van der Waals surface area contributed by atoms with Gasteiger partial charge in [0, 0.05) is 37.8 Å². The zero-order valence-corrected chi connectivity index (χ0v) is 13.6. The van der Waals surface area contributed by atoms with Gasteiger partial charge in [0.05, 0.1) is 21.6 Å². The van der Waals surface area contributed by atoms with E-state index in [1.54, 1.807) is 0 Å². The minimum Gasteiger partial charge on any atom is -0.324 e. The Labute approximate surface area is 121 Å². The molecule has 0 saturated heterocycles. The van der Waals surface area contributed by atoms with Gasteiger partial charge < -0.3 is 5.73 Å². The molecule has 0 saturated carbocycles. The predicted molar refractivity (Wildman–Crippen MR) is 79.0 cm³/mol. The highest BCUT2D eigenvalue weighted by Gasteiger charge is 2.20. The molecule has 104 valence electrons. The molecule has 5 nitrogen and oxygen atoms in total. The summed E-state index contributed by atoms with van der Waals surface area (Å²) in [5.74, 6) is 0. The summed E-state index contributed by atoms with van der Waals surface area (Å²) in [6.45, 7) is 6.05. The predicted octanol–water partition coefficient (Wildman–Crippen LogP) is 2.08. The first-order chi connectivity index (χ1) is 8.82. The van der Waals surface area contributed by atoms with Crippen LogP contribution in [-0.4, -0.2) is 19.6 Å². The molecule has 0 amide bonds. The maximum Gasteiger partial charge on any atom is 0.0738 e. The standard InChI is InChI=1S/C13H20BrN5/c1-7-12(9(3)18(4)16-7)10(15)6-11-13(14)8(2)17-19(11)5/h10H,6,15H2,1-5H3. The maximum atomic E-state index is 6.37. The van der Waals surface area contributed by atoms with Crippen LogP contribution in [0.3, 0.4) is 0 Å². The second-order valence-corrected chi connectivity index (χ2v) is 5.78. The van der Waals surface area contributed by atoms with Crippen LogP contribution in [0.2, 0.25) is 0 Å². The summed E-state index contributed by atoms with van der Waals surface area (Å²) in [6.07, 6.45) is 0.741. The molecule has 2 aromatic heterocycles. The number of nitrogens with two attached hydrogens (primary N) is 1. The van der Waals surface area contributed by atoms with Crippen molar-refractivity contribution in [3.8, 4) is 0 Å². The molecule has 6 heteroatoms. The van der Waals surface area contributed by atoms with Gasteiger partial charge in [-0.1, -0.05) is 0 Å². The summed E-state index contributed by atoms with van der Waals surface area (Å²) >= 11 is 3.58. The summed E-state index contributed by atoms with van der Waals surface area (Å²) < 4.78 is 4.82. The van der Waals surface area contributed by atoms with Crippen LogP contribution < -0.4 is 5.73 Å². The van der Waals surface area contributed by atoms with Crippen molar-refractivity contribution in [1.29, 1.82) is 0 Å². The average Bonchev–Trinajstić information content (AvgIpc) is 2.70. The van der Waals surface area contributed by atoms with E-state index in [9.17, 15) is 0 Å². The van der Waals surface area contributed by atoms with Gasteiger partial charge in [-0.05, 0) is 36.7 Å². The minimum atomic E-state index is -0.0696. The van der Waals surface area contributed by atoms with Crippen molar-refractivity contribution in [2.45, 2.75) is 33.2 Å². The number of nitrogens with zero attached hydrogens (tertiary/aromatic N) is 4. The Kier molecular flexibility index (Phi) is 3.82. The second-order valence-electron chi connectivity index (χ2n) is 4.99. The summed E-state index contributed by atoms with van der Waals surface area (Å²) in [7, 11) is 3.89. The van der Waals surface area contributed by atoms with Gasteiger partial charge in [0.2, 0.25) is 0 Å². The molecule has 2 rings (SSSR count). The van der Waals surface area contributed by atoms with E-state index < -0.39 is 0 Å². The SMILES string of the molecule is Cc1nn(C)c(CC(N)c2c(C)nn(C)c2C)c1Br. The van der Waals surface area contributed by atoms with Crippen LogP contribution in [0.25, 0.3) is 0 Å². The first-order valence-corrected chi connectivity index (χ1v) is 7.05. The number of aromatic nitrogens is 4. The van der Waals surface area contributed by atoms with Gasteiger partial charge >= 0.3 is 0 Å². The van der Waals surface area contributed by atoms with Crippen molar-refractivity contribution in [1.82, 2.24) is 19.6 Å². The summed E-state index contributed by atoms with van der Waals surface area (Å²) in [4.78, 5) is 0. The third-order valence-corrected chi connectivity index (χ3v) is 4.64. The zero-order chi connectivity index (χ0) is 14.3. The topological polar surface area (TPSA) is 61.7 Å². The van der Waals surface area contributed by atoms with Gasteiger partial charge in [0.1, 0.15) is 0 Å². The van der Waals surface area contributed by atoms with Gasteiger partial charge in [-0.25, -0.2) is 0 Å². The molecule has 0 radical (unpaired) electrons. The molecule has 2 N–H and O–H groups in total. The van der Waals surface area contributed by atoms with Gasteiger partial charge in [-0.3, -0.25) is 9.36 Å². The first-order valence-electron chi connectivity index (χ1n) is 6.26. The molecule has 0 aliphatic carbocycles. The Balaban J connectivity index is 2.33. The van der Waals surface area contributed by atoms with Crippen LogP contribution in [-0.2, 0) is 20.5 Å². The van der Waals surface area contributed by atoms with E-state index in [4.69, 9.17) is 5.73 Å². The number of rotatable bonds is 3. The maximum absolute atomic E-state index is 6.37. The molecule has 2 heterocycles. The van der Waals surface area contributed by atoms with E-state index in [2.05, 4.69) is 33.1 Å². The molecule has 0 aliphatic rings. The number of hydrogen-bond acceptors (Lipinski definition) is 3. The lowest BCUT2D eigenvalue weighted by Crippen LogP contribution is -2.17. The van der Waals surface area contributed by atoms with Crippen molar-refractivity contribution < 1.29 is 0 Å². The number of halogens is 1. The minimum absolute atomic E-state index is 0.0696. The lowest BCUT2D eigenvalue weighted by Gasteiger charge is -2.13. The number of hydrogen-bond donors (Lipinski definition) is 1. The highest BCUT2D eigenvalue weighted by Crippen LogP contribution is 2.27. The van der Waals surface area contributed by atoms with E-state index in [0.717, 1.165) is 39.2 Å². The largest absolute Gasteiger partial charge is 0.324 e. The van der Waals surface area contributed by atoms with Gasteiger partial charge in [0.15, 0.2) is 0 Å². The van der Waals surface area contributed by atoms with Crippen LogP contribution in [0, 0.1) is 20.8 Å². The number of aryl methyl sites for hydroxylation is 4. The normalized spacial score (nSPS) is 13.0. The van der Waals surface area contributed by atoms with Crippen LogP contribution in [0.1, 0.15) is 34.4 Å². The van der Waals surface area contributed by atoms with Crippen molar-refractivity contribution >= 4 is 15.9 Å². The fourth-order valence-corrected chi connectivity index (χ4v) is 3.04. The first kappa shape index (κ1) is 14.3. The third-order valence-electron chi connectivity index (χ3n) is 3.61. The third kappa shape index (κ3) is 2.47. The quantitative estimate of drug-likeness (QED) is 0.939. The smallest absolute Gasteiger partial charge is 0.0738 e. The van der Waals surface area contributed by atoms with Gasteiger partial charge in [0.25, 0.3) is 0 Å². The molecule has 0 spiro atoms. The van der Waals surface area contributed by atoms with Gasteiger partial charge in [-0.2, -0.15) is 10.2 Å². The molecule has 2 aromatic rings. The second kappa shape index (κ2) is 5.09. The zero-order valence-electron chi connectivity index (χ0n) is 12.0. The molecular weight excluding hydrogens is 306 g/mol. The Bertz CT molecular complexity index is 611. The van der Waals surface area contributed by atoms with E-state index in [-0.39, 0.29) is 6.04 Å². The van der Waals surface area contributed by atoms with E-state index >= 15 is 0 Å². The molecular formula is C13H20BrN5. The van der Waals surface area contributed by atoms with E-state index in [0.29, 0.717) is 0 Å². The Morgan fingerprint density at radius 2 is 1.68 bits per heavy atom. The van der Waals surface area contributed by atoms with Crippen molar-refractivity contribution in [3.63, 3.8) is 0 Å². The highest BCUT2D eigenvalue weighted by molar-refractivity contribution is 9.10. The molecule has 0 aromatic carbocycles. The lowest BCUT2D eigenvalue weighted by atomic mass is 10.0. The molecule has 1 atom stereocenters. The van der Waals surface area contributed by atoms with Crippen LogP contribution in [0.5, 0.6) is 0 Å². The van der Waals surface area contributed by atoms with Gasteiger partial charge in [-0.15, -0.1) is 0 Å². The van der Waals surface area contributed by atoms with Crippen molar-refractivity contribution in [2.75, 3.05) is 0 Å². The fraction of sp³-hybridized carbons (Fsp3) is 0.538. The molecule has 0 aliphatic heterocycles. The van der Waals surface area contributed by atoms with E-state index in [1.165, 1.54) is 0 Å². The summed E-state index contributed by atoms with van der Waals surface area (Å²) in [5.41, 5.74) is 11.7. The van der Waals surface area contributed by atoms with Crippen LogP contribution >= 0.6 is 15.9 Å². The molecule has 0 bridgehead atoms. The Hall–Kier alpha value is -1.14. The Morgan fingerprint density at radius 3 is 2.11 bits per heavy atom. The van der Waals surface area contributed by atoms with Crippen molar-refractivity contribution in [3.05, 3.63) is 32.8 Å². The highest BCUT2D eigenvalue weighted by atomic mass is 79.9. The van der Waals surface area contributed by atoms with Crippen molar-refractivity contribution in [2.24, 2.45) is 19.8 Å². The molecule has 0 fully saturated rings. The van der Waals surface area contributed by atoms with E-state index in [1.807, 2.05) is 37.3 Å².